The van der Waals surface area contributed by atoms with E-state index in [-0.39, 0.29) is 11.6 Å². The van der Waals surface area contributed by atoms with E-state index in [1.807, 2.05) is 11.8 Å². The third-order valence-corrected chi connectivity index (χ3v) is 4.54. The second-order valence-corrected chi connectivity index (χ2v) is 6.06. The zero-order chi connectivity index (χ0) is 14.8. The average molecular weight is 305 g/mol. The van der Waals surface area contributed by atoms with Gasteiger partial charge in [-0.1, -0.05) is 5.16 Å². The second kappa shape index (κ2) is 5.87. The van der Waals surface area contributed by atoms with Crippen molar-refractivity contribution in [1.82, 2.24) is 15.0 Å². The predicted molar refractivity (Wildman–Crippen MR) is 79.4 cm³/mol. The van der Waals surface area contributed by atoms with Crippen molar-refractivity contribution in [2.45, 2.75) is 6.04 Å². The van der Waals surface area contributed by atoms with Gasteiger partial charge in [-0.15, -0.1) is 0 Å². The summed E-state index contributed by atoms with van der Waals surface area (Å²) in [6.45, 7) is 1.01. The zero-order valence-electron chi connectivity index (χ0n) is 11.5. The van der Waals surface area contributed by atoms with Gasteiger partial charge in [-0.05, 0) is 31.3 Å². The summed E-state index contributed by atoms with van der Waals surface area (Å²) in [5.41, 5.74) is 0.965. The van der Waals surface area contributed by atoms with Crippen LogP contribution < -0.4 is 0 Å². The van der Waals surface area contributed by atoms with Crippen LogP contribution in [0.15, 0.2) is 28.8 Å². The normalized spacial score (nSPS) is 19.6. The van der Waals surface area contributed by atoms with Gasteiger partial charge in [0.1, 0.15) is 0 Å². The van der Waals surface area contributed by atoms with Gasteiger partial charge in [0.15, 0.2) is 5.82 Å². The van der Waals surface area contributed by atoms with E-state index in [1.165, 1.54) is 12.1 Å². The van der Waals surface area contributed by atoms with Gasteiger partial charge in [0.05, 0.1) is 11.6 Å². The molecule has 110 valence electrons. The van der Waals surface area contributed by atoms with Crippen molar-refractivity contribution in [3.05, 3.63) is 35.7 Å². The first-order chi connectivity index (χ1) is 10.1. The van der Waals surface area contributed by atoms with Crippen molar-refractivity contribution in [2.24, 2.45) is 0 Å². The van der Waals surface area contributed by atoms with Crippen molar-refractivity contribution in [1.29, 1.82) is 0 Å². The molecule has 1 aromatic carbocycles. The first-order valence-corrected chi connectivity index (χ1v) is 7.76. The molecule has 7 heteroatoms. The lowest BCUT2D eigenvalue weighted by Gasteiger charge is -2.29. The highest BCUT2D eigenvalue weighted by Crippen LogP contribution is 2.28. The molecule has 0 spiro atoms. The van der Waals surface area contributed by atoms with Gasteiger partial charge < -0.3 is 9.63 Å². The molecule has 1 aromatic heterocycles. The molecule has 2 aromatic rings. The molecule has 0 bridgehead atoms. The summed E-state index contributed by atoms with van der Waals surface area (Å²) in [6, 6.07) is 6.59. The Morgan fingerprint density at radius 3 is 2.86 bits per heavy atom. The summed E-state index contributed by atoms with van der Waals surface area (Å²) in [7, 11) is 2.06. The smallest absolute Gasteiger partial charge is 0.335 e. The maximum Gasteiger partial charge on any atom is 0.335 e. The van der Waals surface area contributed by atoms with Crippen molar-refractivity contribution in [3.8, 4) is 11.5 Å². The first kappa shape index (κ1) is 14.1. The van der Waals surface area contributed by atoms with Crippen molar-refractivity contribution in [3.63, 3.8) is 0 Å². The van der Waals surface area contributed by atoms with E-state index in [0.29, 0.717) is 11.7 Å². The Kier molecular flexibility index (Phi) is 3.94. The van der Waals surface area contributed by atoms with Crippen molar-refractivity contribution in [2.75, 3.05) is 25.1 Å². The standard InChI is InChI=1S/C14H15N3O3S/c1-17-6-7-21-8-11(17)12-15-13(20-16-12)9-2-4-10(5-3-9)14(18)19/h2-5,11H,6-8H2,1H3,(H,18,19). The Balaban J connectivity index is 1.82. The fourth-order valence-electron chi connectivity index (χ4n) is 2.20. The third-order valence-electron chi connectivity index (χ3n) is 3.51. The molecule has 1 saturated heterocycles. The zero-order valence-corrected chi connectivity index (χ0v) is 12.3. The number of hydrogen-bond donors (Lipinski definition) is 1. The molecule has 6 nitrogen and oxygen atoms in total. The molecule has 1 unspecified atom stereocenters. The first-order valence-electron chi connectivity index (χ1n) is 6.60. The molecule has 1 aliphatic heterocycles. The summed E-state index contributed by atoms with van der Waals surface area (Å²) in [6.07, 6.45) is 0. The van der Waals surface area contributed by atoms with E-state index in [1.54, 1.807) is 12.1 Å². The highest BCUT2D eigenvalue weighted by molar-refractivity contribution is 7.99. The van der Waals surface area contributed by atoms with Crippen LogP contribution in [0.5, 0.6) is 0 Å². The van der Waals surface area contributed by atoms with Crippen LogP contribution in [0.4, 0.5) is 0 Å². The quantitative estimate of drug-likeness (QED) is 0.930. The largest absolute Gasteiger partial charge is 0.478 e. The highest BCUT2D eigenvalue weighted by atomic mass is 32.2. The number of aromatic nitrogens is 2. The van der Waals surface area contributed by atoms with E-state index in [4.69, 9.17) is 9.63 Å². The van der Waals surface area contributed by atoms with Gasteiger partial charge in [-0.3, -0.25) is 4.90 Å². The predicted octanol–water partition coefficient (Wildman–Crippen LogP) is 2.15. The summed E-state index contributed by atoms with van der Waals surface area (Å²) < 4.78 is 5.31. The molecule has 1 fully saturated rings. The van der Waals surface area contributed by atoms with Crippen LogP contribution in [-0.4, -0.2) is 51.2 Å². The van der Waals surface area contributed by atoms with Crippen LogP contribution in [0.25, 0.3) is 11.5 Å². The van der Waals surface area contributed by atoms with Crippen LogP contribution in [0.2, 0.25) is 0 Å². The van der Waals surface area contributed by atoms with Gasteiger partial charge in [-0.2, -0.15) is 16.7 Å². The molecule has 1 aliphatic rings. The van der Waals surface area contributed by atoms with Crippen LogP contribution in [0.1, 0.15) is 22.2 Å². The average Bonchev–Trinajstić information content (AvgIpc) is 2.97. The SMILES string of the molecule is CN1CCSCC1c1noc(-c2ccc(C(=O)O)cc2)n1. The van der Waals surface area contributed by atoms with Crippen molar-refractivity contribution >= 4 is 17.7 Å². The number of hydrogen-bond acceptors (Lipinski definition) is 6. The molecule has 0 aliphatic carbocycles. The Morgan fingerprint density at radius 2 is 2.19 bits per heavy atom. The summed E-state index contributed by atoms with van der Waals surface area (Å²) in [5.74, 6) is 2.23. The monoisotopic (exact) mass is 305 g/mol. The summed E-state index contributed by atoms with van der Waals surface area (Å²) in [5, 5.41) is 13.0. The van der Waals surface area contributed by atoms with Gasteiger partial charge >= 0.3 is 5.97 Å². The van der Waals surface area contributed by atoms with Crippen LogP contribution >= 0.6 is 11.8 Å². The number of thioether (sulfide) groups is 1. The van der Waals surface area contributed by atoms with E-state index in [9.17, 15) is 4.79 Å². The fraction of sp³-hybridized carbons (Fsp3) is 0.357. The third kappa shape index (κ3) is 2.93. The highest BCUT2D eigenvalue weighted by Gasteiger charge is 2.26. The van der Waals surface area contributed by atoms with Gasteiger partial charge in [0, 0.05) is 23.6 Å². The van der Waals surface area contributed by atoms with Crippen molar-refractivity contribution < 1.29 is 14.4 Å². The number of carboxylic acid groups (broad SMARTS) is 1. The van der Waals surface area contributed by atoms with E-state index >= 15 is 0 Å². The number of rotatable bonds is 3. The molecule has 21 heavy (non-hydrogen) atoms. The topological polar surface area (TPSA) is 79.5 Å². The molecule has 0 radical (unpaired) electrons. The van der Waals surface area contributed by atoms with Crippen LogP contribution in [0.3, 0.4) is 0 Å². The lowest BCUT2D eigenvalue weighted by molar-refractivity contribution is 0.0697. The molecule has 1 atom stereocenters. The van der Waals surface area contributed by atoms with Gasteiger partial charge in [0.25, 0.3) is 5.89 Å². The molecular formula is C14H15N3O3S. The lowest BCUT2D eigenvalue weighted by atomic mass is 10.1. The minimum absolute atomic E-state index is 0.166. The Hall–Kier alpha value is -1.86. The van der Waals surface area contributed by atoms with Gasteiger partial charge in [0.2, 0.25) is 0 Å². The maximum absolute atomic E-state index is 10.8. The van der Waals surface area contributed by atoms with E-state index in [2.05, 4.69) is 22.1 Å². The van der Waals surface area contributed by atoms with E-state index < -0.39 is 5.97 Å². The molecular weight excluding hydrogens is 290 g/mol. The van der Waals surface area contributed by atoms with Crippen LogP contribution in [0, 0.1) is 0 Å². The Bertz CT molecular complexity index is 641. The fourth-order valence-corrected chi connectivity index (χ4v) is 3.41. The number of aromatic carboxylic acids is 1. The Labute approximate surface area is 126 Å². The number of carbonyl (C=O) groups is 1. The summed E-state index contributed by atoms with van der Waals surface area (Å²) >= 11 is 1.88. The second-order valence-electron chi connectivity index (χ2n) is 4.91. The minimum Gasteiger partial charge on any atom is -0.478 e. The minimum atomic E-state index is -0.950. The maximum atomic E-state index is 10.8. The van der Waals surface area contributed by atoms with Gasteiger partial charge in [-0.25, -0.2) is 4.79 Å². The number of benzene rings is 1. The molecule has 0 saturated carbocycles. The number of carboxylic acids is 1. The molecule has 3 rings (SSSR count). The van der Waals surface area contributed by atoms with Crippen LogP contribution in [-0.2, 0) is 0 Å². The Morgan fingerprint density at radius 1 is 1.43 bits per heavy atom. The molecule has 0 amide bonds. The van der Waals surface area contributed by atoms with E-state index in [0.717, 1.165) is 23.6 Å². The summed E-state index contributed by atoms with van der Waals surface area (Å²) in [4.78, 5) is 17.5. The number of nitrogens with zero attached hydrogens (tertiary/aromatic N) is 3. The molecule has 1 N–H and O–H groups in total. The lowest BCUT2D eigenvalue weighted by Crippen LogP contribution is -2.33. The molecule has 2 heterocycles.